The van der Waals surface area contributed by atoms with Crippen molar-refractivity contribution in [1.29, 1.82) is 0 Å². The quantitative estimate of drug-likeness (QED) is 0.857. The maximum absolute atomic E-state index is 11.9. The monoisotopic (exact) mass is 247 g/mol. The molecule has 18 heavy (non-hydrogen) atoms. The van der Waals surface area contributed by atoms with Gasteiger partial charge in [0.1, 0.15) is 0 Å². The molecule has 4 nitrogen and oxygen atoms in total. The molecule has 0 spiro atoms. The highest BCUT2D eigenvalue weighted by Crippen LogP contribution is 2.37. The molecule has 1 aromatic carbocycles. The highest BCUT2D eigenvalue weighted by Gasteiger charge is 2.34. The zero-order chi connectivity index (χ0) is 13.1. The van der Waals surface area contributed by atoms with Crippen LogP contribution in [0.1, 0.15) is 18.9 Å². The molecule has 4 heteroatoms. The third-order valence-corrected chi connectivity index (χ3v) is 3.57. The van der Waals surface area contributed by atoms with E-state index in [2.05, 4.69) is 12.2 Å². The molecule has 0 bridgehead atoms. The SMILES string of the molecule is CC1CC1CN(C)C(=O)Nc1ccc(CN)cc1. The van der Waals surface area contributed by atoms with Crippen molar-refractivity contribution in [1.82, 2.24) is 4.90 Å². The Morgan fingerprint density at radius 1 is 1.44 bits per heavy atom. The lowest BCUT2D eigenvalue weighted by Gasteiger charge is -2.18. The van der Waals surface area contributed by atoms with Crippen LogP contribution in [0, 0.1) is 11.8 Å². The van der Waals surface area contributed by atoms with Crippen LogP contribution >= 0.6 is 0 Å². The van der Waals surface area contributed by atoms with Gasteiger partial charge in [-0.15, -0.1) is 0 Å². The van der Waals surface area contributed by atoms with Crippen molar-refractivity contribution >= 4 is 11.7 Å². The van der Waals surface area contributed by atoms with E-state index in [1.165, 1.54) is 6.42 Å². The second-order valence-electron chi connectivity index (χ2n) is 5.18. The molecule has 1 aliphatic rings. The van der Waals surface area contributed by atoms with E-state index in [0.717, 1.165) is 23.7 Å². The molecule has 0 aliphatic heterocycles. The number of carbonyl (C=O) groups excluding carboxylic acids is 1. The van der Waals surface area contributed by atoms with Gasteiger partial charge in [0, 0.05) is 25.8 Å². The van der Waals surface area contributed by atoms with Gasteiger partial charge < -0.3 is 16.0 Å². The van der Waals surface area contributed by atoms with Crippen LogP contribution in [0.25, 0.3) is 0 Å². The fraction of sp³-hybridized carbons (Fsp3) is 0.500. The van der Waals surface area contributed by atoms with Crippen LogP contribution in [0.3, 0.4) is 0 Å². The molecule has 1 aromatic rings. The molecule has 0 saturated heterocycles. The Balaban J connectivity index is 1.85. The molecule has 1 saturated carbocycles. The summed E-state index contributed by atoms with van der Waals surface area (Å²) in [7, 11) is 1.84. The fourth-order valence-corrected chi connectivity index (χ4v) is 2.03. The number of anilines is 1. The lowest BCUT2D eigenvalue weighted by Crippen LogP contribution is -2.33. The second-order valence-corrected chi connectivity index (χ2v) is 5.18. The number of amides is 2. The van der Waals surface area contributed by atoms with E-state index in [-0.39, 0.29) is 6.03 Å². The molecular weight excluding hydrogens is 226 g/mol. The molecule has 0 heterocycles. The van der Waals surface area contributed by atoms with Crippen molar-refractivity contribution in [2.24, 2.45) is 17.6 Å². The molecule has 2 amide bonds. The summed E-state index contributed by atoms with van der Waals surface area (Å²) >= 11 is 0. The van der Waals surface area contributed by atoms with Crippen molar-refractivity contribution in [3.8, 4) is 0 Å². The van der Waals surface area contributed by atoms with Gasteiger partial charge in [-0.3, -0.25) is 0 Å². The number of nitrogens with one attached hydrogen (secondary N) is 1. The number of rotatable bonds is 4. The molecule has 2 rings (SSSR count). The Morgan fingerprint density at radius 2 is 2.06 bits per heavy atom. The van der Waals surface area contributed by atoms with Crippen LogP contribution in [0.15, 0.2) is 24.3 Å². The van der Waals surface area contributed by atoms with Crippen LogP contribution in [0.2, 0.25) is 0 Å². The van der Waals surface area contributed by atoms with Gasteiger partial charge in [-0.2, -0.15) is 0 Å². The number of urea groups is 1. The maximum atomic E-state index is 11.9. The molecule has 1 aliphatic carbocycles. The number of hydrogen-bond acceptors (Lipinski definition) is 2. The topological polar surface area (TPSA) is 58.4 Å². The third-order valence-electron chi connectivity index (χ3n) is 3.57. The van der Waals surface area contributed by atoms with Gasteiger partial charge in [0.2, 0.25) is 0 Å². The number of nitrogens with two attached hydrogens (primary N) is 1. The van der Waals surface area contributed by atoms with Crippen LogP contribution < -0.4 is 11.1 Å². The zero-order valence-corrected chi connectivity index (χ0v) is 11.0. The van der Waals surface area contributed by atoms with E-state index in [4.69, 9.17) is 5.73 Å². The lowest BCUT2D eigenvalue weighted by molar-refractivity contribution is 0.220. The van der Waals surface area contributed by atoms with Crippen LogP contribution in [0.4, 0.5) is 10.5 Å². The molecule has 2 unspecified atom stereocenters. The Morgan fingerprint density at radius 3 is 2.56 bits per heavy atom. The summed E-state index contributed by atoms with van der Waals surface area (Å²) in [6, 6.07) is 7.58. The average molecular weight is 247 g/mol. The van der Waals surface area contributed by atoms with Crippen molar-refractivity contribution in [2.75, 3.05) is 18.9 Å². The van der Waals surface area contributed by atoms with E-state index >= 15 is 0 Å². The normalized spacial score (nSPS) is 21.5. The summed E-state index contributed by atoms with van der Waals surface area (Å²) in [6.45, 7) is 3.59. The Labute approximate surface area is 108 Å². The minimum atomic E-state index is -0.0467. The van der Waals surface area contributed by atoms with E-state index in [1.807, 2.05) is 31.3 Å². The third kappa shape index (κ3) is 3.23. The summed E-state index contributed by atoms with van der Waals surface area (Å²) in [5.74, 6) is 1.45. The van der Waals surface area contributed by atoms with Gasteiger partial charge in [-0.25, -0.2) is 4.79 Å². The Bertz CT molecular complexity index is 416. The van der Waals surface area contributed by atoms with E-state index < -0.39 is 0 Å². The van der Waals surface area contributed by atoms with Gasteiger partial charge in [-0.1, -0.05) is 19.1 Å². The smallest absolute Gasteiger partial charge is 0.321 e. The standard InChI is InChI=1S/C14H21N3O/c1-10-7-12(10)9-17(2)14(18)16-13-5-3-11(8-15)4-6-13/h3-6,10,12H,7-9,15H2,1-2H3,(H,16,18). The zero-order valence-electron chi connectivity index (χ0n) is 11.0. The number of carbonyl (C=O) groups is 1. The molecule has 0 aromatic heterocycles. The summed E-state index contributed by atoms with van der Waals surface area (Å²) in [5, 5.41) is 2.89. The predicted molar refractivity (Wildman–Crippen MR) is 73.3 cm³/mol. The minimum absolute atomic E-state index is 0.0467. The largest absolute Gasteiger partial charge is 0.327 e. The van der Waals surface area contributed by atoms with Crippen molar-refractivity contribution in [3.05, 3.63) is 29.8 Å². The predicted octanol–water partition coefficient (Wildman–Crippen LogP) is 2.27. The first-order chi connectivity index (χ1) is 8.60. The second kappa shape index (κ2) is 5.40. The Kier molecular flexibility index (Phi) is 3.87. The molecule has 1 fully saturated rings. The first-order valence-electron chi connectivity index (χ1n) is 6.41. The summed E-state index contributed by atoms with van der Waals surface area (Å²) in [5.41, 5.74) is 7.40. The van der Waals surface area contributed by atoms with E-state index in [1.54, 1.807) is 4.90 Å². The molecule has 0 radical (unpaired) electrons. The summed E-state index contributed by atoms with van der Waals surface area (Å²) < 4.78 is 0. The molecule has 2 atom stereocenters. The highest BCUT2D eigenvalue weighted by molar-refractivity contribution is 5.89. The van der Waals surface area contributed by atoms with Gasteiger partial charge in [0.15, 0.2) is 0 Å². The number of benzene rings is 1. The van der Waals surface area contributed by atoms with E-state index in [0.29, 0.717) is 12.5 Å². The van der Waals surface area contributed by atoms with E-state index in [9.17, 15) is 4.79 Å². The van der Waals surface area contributed by atoms with Gasteiger partial charge in [0.05, 0.1) is 0 Å². The van der Waals surface area contributed by atoms with Crippen LogP contribution in [0.5, 0.6) is 0 Å². The van der Waals surface area contributed by atoms with Gasteiger partial charge in [0.25, 0.3) is 0 Å². The maximum Gasteiger partial charge on any atom is 0.321 e. The fourth-order valence-electron chi connectivity index (χ4n) is 2.03. The van der Waals surface area contributed by atoms with Crippen molar-refractivity contribution in [3.63, 3.8) is 0 Å². The van der Waals surface area contributed by atoms with Crippen molar-refractivity contribution < 1.29 is 4.79 Å². The first-order valence-corrected chi connectivity index (χ1v) is 6.41. The molecule has 3 N–H and O–H groups in total. The van der Waals surface area contributed by atoms with Gasteiger partial charge >= 0.3 is 6.03 Å². The minimum Gasteiger partial charge on any atom is -0.327 e. The number of hydrogen-bond donors (Lipinski definition) is 2. The summed E-state index contributed by atoms with van der Waals surface area (Å²) in [6.07, 6.45) is 1.24. The Hall–Kier alpha value is -1.55. The van der Waals surface area contributed by atoms with Crippen LogP contribution in [-0.4, -0.2) is 24.5 Å². The van der Waals surface area contributed by atoms with Crippen molar-refractivity contribution in [2.45, 2.75) is 19.9 Å². The average Bonchev–Trinajstić information content (AvgIpc) is 3.05. The molecular formula is C14H21N3O. The number of nitrogens with zero attached hydrogens (tertiary/aromatic N) is 1. The molecule has 98 valence electrons. The lowest BCUT2D eigenvalue weighted by atomic mass is 10.2. The van der Waals surface area contributed by atoms with Crippen LogP contribution in [-0.2, 0) is 6.54 Å². The highest BCUT2D eigenvalue weighted by atomic mass is 16.2. The first kappa shape index (κ1) is 12.9. The summed E-state index contributed by atoms with van der Waals surface area (Å²) in [4.78, 5) is 13.7. The van der Waals surface area contributed by atoms with Gasteiger partial charge in [-0.05, 0) is 36.0 Å².